The lowest BCUT2D eigenvalue weighted by atomic mass is 10.1. The summed E-state index contributed by atoms with van der Waals surface area (Å²) in [6.45, 7) is 0. The maximum atomic E-state index is 14.0. The van der Waals surface area contributed by atoms with E-state index in [0.29, 0.717) is 33.1 Å². The first kappa shape index (κ1) is 26.6. The Morgan fingerprint density at radius 2 is 1.24 bits per heavy atom. The van der Waals surface area contributed by atoms with Crippen molar-refractivity contribution in [2.24, 2.45) is 0 Å². The Morgan fingerprint density at radius 1 is 0.690 bits per heavy atom. The number of para-hydroxylation sites is 2. The molecule has 6 aromatic rings. The smallest absolute Gasteiger partial charge is 0.433 e. The Balaban J connectivity index is 1.34. The summed E-state index contributed by atoms with van der Waals surface area (Å²) in [5.74, 6) is 1.12. The van der Waals surface area contributed by atoms with Crippen molar-refractivity contribution in [1.29, 1.82) is 0 Å². The van der Waals surface area contributed by atoms with Gasteiger partial charge in [0.25, 0.3) is 5.91 Å². The Hall–Kier alpha value is -5.64. The van der Waals surface area contributed by atoms with E-state index in [1.165, 1.54) is 6.07 Å². The average molecular weight is 567 g/mol. The summed E-state index contributed by atoms with van der Waals surface area (Å²) in [6.07, 6.45) is -4.74. The van der Waals surface area contributed by atoms with Crippen molar-refractivity contribution in [3.05, 3.63) is 133 Å². The van der Waals surface area contributed by atoms with Gasteiger partial charge in [-0.05, 0) is 30.3 Å². The molecule has 0 radical (unpaired) electrons. The molecule has 0 aliphatic carbocycles. The number of hydrogen-bond acceptors (Lipinski definition) is 5. The molecule has 10 heteroatoms. The highest BCUT2D eigenvalue weighted by Gasteiger charge is 2.35. The highest BCUT2D eigenvalue weighted by atomic mass is 19.4. The van der Waals surface area contributed by atoms with Crippen LogP contribution in [0.25, 0.3) is 16.9 Å². The number of nitrogens with zero attached hydrogens (tertiary/aromatic N) is 3. The summed E-state index contributed by atoms with van der Waals surface area (Å²) < 4.78 is 54.5. The van der Waals surface area contributed by atoms with E-state index in [1.54, 1.807) is 72.8 Å². The maximum Gasteiger partial charge on any atom is 0.433 e. The molecular weight excluding hydrogens is 545 g/mol. The largest absolute Gasteiger partial charge is 0.457 e. The first-order valence-electron chi connectivity index (χ1n) is 12.8. The van der Waals surface area contributed by atoms with Crippen LogP contribution >= 0.6 is 0 Å². The minimum atomic E-state index is -4.74. The maximum absolute atomic E-state index is 14.0. The fourth-order valence-electron chi connectivity index (χ4n) is 4.25. The number of hydrogen-bond donors (Lipinski definition) is 1. The monoisotopic (exact) mass is 566 g/mol. The third-order valence-electron chi connectivity index (χ3n) is 6.12. The Morgan fingerprint density at radius 3 is 1.79 bits per heavy atom. The molecule has 0 aliphatic rings. The van der Waals surface area contributed by atoms with Crippen molar-refractivity contribution in [2.45, 2.75) is 6.18 Å². The SMILES string of the molecule is O=C(Nc1cc(Oc2ccccc2)cc(Oc2ccccc2)c1)c1cc2nc(-c3ccccc3)cc(C(F)(F)F)n2n1. The van der Waals surface area contributed by atoms with Gasteiger partial charge in [0.2, 0.25) is 0 Å². The molecule has 0 aliphatic heterocycles. The topological polar surface area (TPSA) is 77.8 Å². The number of fused-ring (bicyclic) bond motifs is 1. The molecule has 42 heavy (non-hydrogen) atoms. The summed E-state index contributed by atoms with van der Waals surface area (Å²) in [7, 11) is 0. The van der Waals surface area contributed by atoms with Gasteiger partial charge in [-0.25, -0.2) is 9.50 Å². The standard InChI is InChI=1S/C32H21F3N4O3/c33-32(34,35)29-19-27(21-10-4-1-5-11-21)37-30-20-28(38-39(29)30)31(40)36-22-16-25(41-23-12-6-2-7-13-23)18-26(17-22)42-24-14-8-3-9-15-24/h1-20H,(H,36,40). The van der Waals surface area contributed by atoms with E-state index in [1.807, 2.05) is 36.4 Å². The quantitative estimate of drug-likeness (QED) is 0.211. The van der Waals surface area contributed by atoms with Crippen LogP contribution < -0.4 is 14.8 Å². The van der Waals surface area contributed by atoms with Gasteiger partial charge in [0, 0.05) is 35.5 Å². The minimum Gasteiger partial charge on any atom is -0.457 e. The van der Waals surface area contributed by atoms with Crippen molar-refractivity contribution in [1.82, 2.24) is 14.6 Å². The molecule has 0 saturated heterocycles. The highest BCUT2D eigenvalue weighted by molar-refractivity contribution is 6.03. The Bertz CT molecular complexity index is 1800. The number of aromatic nitrogens is 3. The predicted molar refractivity (Wildman–Crippen MR) is 151 cm³/mol. The molecule has 0 bridgehead atoms. The van der Waals surface area contributed by atoms with Crippen LogP contribution in [0, 0.1) is 0 Å². The van der Waals surface area contributed by atoms with E-state index in [2.05, 4.69) is 15.4 Å². The van der Waals surface area contributed by atoms with Crippen LogP contribution in [0.5, 0.6) is 23.0 Å². The number of ether oxygens (including phenoxy) is 2. The molecule has 1 N–H and O–H groups in total. The molecule has 0 atom stereocenters. The lowest BCUT2D eigenvalue weighted by Crippen LogP contribution is -2.15. The average Bonchev–Trinajstić information content (AvgIpc) is 3.42. The van der Waals surface area contributed by atoms with Gasteiger partial charge in [0.05, 0.1) is 5.69 Å². The zero-order valence-electron chi connectivity index (χ0n) is 21.7. The number of halogens is 3. The van der Waals surface area contributed by atoms with Crippen LogP contribution in [0.2, 0.25) is 0 Å². The van der Waals surface area contributed by atoms with E-state index in [4.69, 9.17) is 9.47 Å². The van der Waals surface area contributed by atoms with E-state index >= 15 is 0 Å². The number of anilines is 1. The molecule has 2 aromatic heterocycles. The van der Waals surface area contributed by atoms with Gasteiger partial charge < -0.3 is 14.8 Å². The molecule has 7 nitrogen and oxygen atoms in total. The third kappa shape index (κ3) is 5.92. The molecular formula is C32H21F3N4O3. The van der Waals surface area contributed by atoms with Gasteiger partial charge in [0.15, 0.2) is 17.0 Å². The second-order valence-electron chi connectivity index (χ2n) is 9.17. The van der Waals surface area contributed by atoms with Gasteiger partial charge >= 0.3 is 6.18 Å². The first-order valence-corrected chi connectivity index (χ1v) is 12.8. The summed E-state index contributed by atoms with van der Waals surface area (Å²) in [5, 5.41) is 6.64. The molecule has 1 amide bonds. The number of nitrogens with one attached hydrogen (secondary N) is 1. The number of carbonyl (C=O) groups is 1. The van der Waals surface area contributed by atoms with Crippen LogP contribution in [0.3, 0.4) is 0 Å². The van der Waals surface area contributed by atoms with Crippen molar-refractivity contribution < 1.29 is 27.4 Å². The molecule has 208 valence electrons. The second-order valence-corrected chi connectivity index (χ2v) is 9.17. The van der Waals surface area contributed by atoms with Crippen LogP contribution in [-0.4, -0.2) is 20.5 Å². The van der Waals surface area contributed by atoms with Crippen LogP contribution in [-0.2, 0) is 6.18 Å². The van der Waals surface area contributed by atoms with Crippen molar-refractivity contribution >= 4 is 17.2 Å². The minimum absolute atomic E-state index is 0.107. The van der Waals surface area contributed by atoms with Crippen LogP contribution in [0.4, 0.5) is 18.9 Å². The molecule has 2 heterocycles. The first-order chi connectivity index (χ1) is 20.3. The third-order valence-corrected chi connectivity index (χ3v) is 6.12. The van der Waals surface area contributed by atoms with E-state index < -0.39 is 17.8 Å². The molecule has 4 aromatic carbocycles. The van der Waals surface area contributed by atoms with Crippen molar-refractivity contribution in [3.8, 4) is 34.3 Å². The van der Waals surface area contributed by atoms with Gasteiger partial charge in [0.1, 0.15) is 23.0 Å². The van der Waals surface area contributed by atoms with E-state index in [-0.39, 0.29) is 22.7 Å². The van der Waals surface area contributed by atoms with Crippen molar-refractivity contribution in [2.75, 3.05) is 5.32 Å². The lowest BCUT2D eigenvalue weighted by Gasteiger charge is -2.12. The normalized spacial score (nSPS) is 11.3. The van der Waals surface area contributed by atoms with Gasteiger partial charge in [-0.15, -0.1) is 0 Å². The second kappa shape index (κ2) is 11.1. The number of alkyl halides is 3. The molecule has 6 rings (SSSR count). The van der Waals surface area contributed by atoms with Gasteiger partial charge in [-0.2, -0.15) is 18.3 Å². The highest BCUT2D eigenvalue weighted by Crippen LogP contribution is 2.34. The summed E-state index contributed by atoms with van der Waals surface area (Å²) >= 11 is 0. The molecule has 0 spiro atoms. The zero-order chi connectivity index (χ0) is 29.1. The van der Waals surface area contributed by atoms with Gasteiger partial charge in [-0.1, -0.05) is 66.7 Å². The van der Waals surface area contributed by atoms with Crippen molar-refractivity contribution in [3.63, 3.8) is 0 Å². The molecule has 0 saturated carbocycles. The number of carbonyl (C=O) groups excluding carboxylic acids is 1. The predicted octanol–water partition coefficient (Wildman–Crippen LogP) is 8.25. The van der Waals surface area contributed by atoms with Crippen LogP contribution in [0.15, 0.2) is 121 Å². The lowest BCUT2D eigenvalue weighted by molar-refractivity contribution is -0.142. The molecule has 0 fully saturated rings. The fraction of sp³-hybridized carbons (Fsp3) is 0.0312. The summed E-state index contributed by atoms with van der Waals surface area (Å²) in [6, 6.07) is 33.5. The van der Waals surface area contributed by atoms with Crippen LogP contribution in [0.1, 0.15) is 16.2 Å². The summed E-state index contributed by atoms with van der Waals surface area (Å²) in [5.41, 5.74) is -0.538. The number of rotatable bonds is 7. The molecule has 0 unspecified atom stereocenters. The van der Waals surface area contributed by atoms with E-state index in [9.17, 15) is 18.0 Å². The Kier molecular flexibility index (Phi) is 7.02. The van der Waals surface area contributed by atoms with Gasteiger partial charge in [-0.3, -0.25) is 4.79 Å². The number of benzene rings is 4. The Labute approximate surface area is 237 Å². The fourth-order valence-corrected chi connectivity index (χ4v) is 4.25. The summed E-state index contributed by atoms with van der Waals surface area (Å²) in [4.78, 5) is 17.6. The number of amides is 1. The van der Waals surface area contributed by atoms with E-state index in [0.717, 1.165) is 6.07 Å². The zero-order valence-corrected chi connectivity index (χ0v) is 21.7.